The predicted molar refractivity (Wildman–Crippen MR) is 76.9 cm³/mol. The molecule has 0 spiro atoms. The quantitative estimate of drug-likeness (QED) is 0.710. The van der Waals surface area contributed by atoms with Crippen LogP contribution in [0.15, 0.2) is 0 Å². The van der Waals surface area contributed by atoms with Crippen LogP contribution in [0.1, 0.15) is 76.0 Å². The number of imidazole rings is 1. The van der Waals surface area contributed by atoms with Gasteiger partial charge in [0.25, 0.3) is 0 Å². The van der Waals surface area contributed by atoms with Crippen molar-refractivity contribution in [3.8, 4) is 0 Å². The minimum Gasteiger partial charge on any atom is -0.346 e. The summed E-state index contributed by atoms with van der Waals surface area (Å²) >= 11 is 0. The average molecular weight is 248 g/mol. The lowest BCUT2D eigenvalue weighted by Gasteiger charge is -2.19. The van der Waals surface area contributed by atoms with Crippen molar-refractivity contribution in [3.63, 3.8) is 0 Å². The molecule has 0 saturated heterocycles. The second-order valence-electron chi connectivity index (χ2n) is 5.79. The van der Waals surface area contributed by atoms with Gasteiger partial charge in [-0.1, -0.05) is 46.0 Å². The van der Waals surface area contributed by atoms with Gasteiger partial charge < -0.3 is 4.98 Å². The molecule has 0 bridgehead atoms. The Kier molecular flexibility index (Phi) is 5.27. The van der Waals surface area contributed by atoms with Crippen molar-refractivity contribution in [2.24, 2.45) is 5.92 Å². The zero-order chi connectivity index (χ0) is 12.8. The molecule has 0 fully saturated rings. The number of H-pyrrole nitrogens is 1. The molecule has 2 rings (SSSR count). The van der Waals surface area contributed by atoms with E-state index in [4.69, 9.17) is 4.98 Å². The molecule has 1 N–H and O–H groups in total. The van der Waals surface area contributed by atoms with Crippen LogP contribution < -0.4 is 0 Å². The Hall–Kier alpha value is -0.790. The molecule has 2 nitrogen and oxygen atoms in total. The van der Waals surface area contributed by atoms with Gasteiger partial charge in [0.05, 0.1) is 5.69 Å². The van der Waals surface area contributed by atoms with Crippen LogP contribution in [-0.2, 0) is 19.3 Å². The van der Waals surface area contributed by atoms with Crippen molar-refractivity contribution in [1.29, 1.82) is 0 Å². The highest BCUT2D eigenvalue weighted by Crippen LogP contribution is 2.26. The van der Waals surface area contributed by atoms with E-state index in [0.29, 0.717) is 0 Å². The van der Waals surface area contributed by atoms with E-state index < -0.39 is 0 Å². The Morgan fingerprint density at radius 1 is 1.17 bits per heavy atom. The maximum atomic E-state index is 4.78. The minimum absolute atomic E-state index is 0.885. The van der Waals surface area contributed by atoms with Gasteiger partial charge in [-0.25, -0.2) is 4.98 Å². The van der Waals surface area contributed by atoms with Crippen molar-refractivity contribution < 1.29 is 0 Å². The third kappa shape index (κ3) is 3.60. The Morgan fingerprint density at radius 3 is 2.78 bits per heavy atom. The molecular weight excluding hydrogens is 220 g/mol. The van der Waals surface area contributed by atoms with Crippen LogP contribution in [-0.4, -0.2) is 9.97 Å². The number of aryl methyl sites for hydroxylation is 2. The van der Waals surface area contributed by atoms with E-state index in [-0.39, 0.29) is 0 Å². The van der Waals surface area contributed by atoms with Crippen molar-refractivity contribution in [2.45, 2.75) is 78.1 Å². The number of nitrogens with zero attached hydrogens (tertiary/aromatic N) is 1. The number of aromatic amines is 1. The van der Waals surface area contributed by atoms with Crippen LogP contribution in [0.4, 0.5) is 0 Å². The summed E-state index contributed by atoms with van der Waals surface area (Å²) in [7, 11) is 0. The number of unbranched alkanes of at least 4 members (excludes halogenated alkanes) is 4. The molecule has 1 aliphatic rings. The van der Waals surface area contributed by atoms with Crippen molar-refractivity contribution >= 4 is 0 Å². The highest BCUT2D eigenvalue weighted by molar-refractivity contribution is 5.18. The Morgan fingerprint density at radius 2 is 2.00 bits per heavy atom. The van der Waals surface area contributed by atoms with Gasteiger partial charge in [0.15, 0.2) is 0 Å². The van der Waals surface area contributed by atoms with E-state index in [2.05, 4.69) is 18.8 Å². The molecule has 1 aromatic rings. The predicted octanol–water partition coefficient (Wildman–Crippen LogP) is 4.44. The third-order valence-corrected chi connectivity index (χ3v) is 4.29. The number of rotatable bonds is 7. The molecule has 0 aliphatic heterocycles. The molecule has 2 heteroatoms. The second-order valence-corrected chi connectivity index (χ2v) is 5.79. The Balaban J connectivity index is 1.79. The Labute approximate surface area is 112 Å². The van der Waals surface area contributed by atoms with E-state index in [0.717, 1.165) is 12.3 Å². The van der Waals surface area contributed by atoms with E-state index in [9.17, 15) is 0 Å². The maximum Gasteiger partial charge on any atom is 0.106 e. The van der Waals surface area contributed by atoms with E-state index in [1.807, 2.05) is 0 Å². The standard InChI is InChI=1S/C16H28N2/c1-3-5-6-7-8-9-16-17-14-11-10-13(4-2)12-15(14)18-16/h13H,3-12H2,1-2H3,(H,17,18). The SMILES string of the molecule is CCCCCCCc1nc2c([nH]1)CC(CC)CC2. The molecule has 0 radical (unpaired) electrons. The fourth-order valence-corrected chi connectivity index (χ4v) is 2.97. The molecular formula is C16H28N2. The van der Waals surface area contributed by atoms with Crippen LogP contribution in [0.25, 0.3) is 0 Å². The summed E-state index contributed by atoms with van der Waals surface area (Å²) in [5, 5.41) is 0. The fraction of sp³-hybridized carbons (Fsp3) is 0.812. The first kappa shape index (κ1) is 13.6. The van der Waals surface area contributed by atoms with Gasteiger partial charge in [0.2, 0.25) is 0 Å². The number of hydrogen-bond donors (Lipinski definition) is 1. The lowest BCUT2D eigenvalue weighted by molar-refractivity contribution is 0.438. The fourth-order valence-electron chi connectivity index (χ4n) is 2.97. The molecule has 102 valence electrons. The largest absolute Gasteiger partial charge is 0.346 e. The monoisotopic (exact) mass is 248 g/mol. The van der Waals surface area contributed by atoms with Crippen LogP contribution in [0, 0.1) is 5.92 Å². The minimum atomic E-state index is 0.885. The summed E-state index contributed by atoms with van der Waals surface area (Å²) in [6, 6.07) is 0. The van der Waals surface area contributed by atoms with Crippen LogP contribution >= 0.6 is 0 Å². The van der Waals surface area contributed by atoms with Gasteiger partial charge in [0, 0.05) is 12.1 Å². The first-order valence-electron chi connectivity index (χ1n) is 7.90. The molecule has 1 atom stereocenters. The maximum absolute atomic E-state index is 4.78. The highest BCUT2D eigenvalue weighted by Gasteiger charge is 2.20. The summed E-state index contributed by atoms with van der Waals surface area (Å²) < 4.78 is 0. The summed E-state index contributed by atoms with van der Waals surface area (Å²) in [5.41, 5.74) is 2.81. The zero-order valence-electron chi connectivity index (χ0n) is 12.1. The summed E-state index contributed by atoms with van der Waals surface area (Å²) in [6.45, 7) is 4.57. The molecule has 0 saturated carbocycles. The van der Waals surface area contributed by atoms with Crippen LogP contribution in [0.3, 0.4) is 0 Å². The van der Waals surface area contributed by atoms with Gasteiger partial charge in [-0.2, -0.15) is 0 Å². The third-order valence-electron chi connectivity index (χ3n) is 4.29. The van der Waals surface area contributed by atoms with Gasteiger partial charge in [-0.15, -0.1) is 0 Å². The van der Waals surface area contributed by atoms with Crippen LogP contribution in [0.5, 0.6) is 0 Å². The lowest BCUT2D eigenvalue weighted by Crippen LogP contribution is -2.12. The summed E-state index contributed by atoms with van der Waals surface area (Å²) in [4.78, 5) is 8.36. The molecule has 0 amide bonds. The summed E-state index contributed by atoms with van der Waals surface area (Å²) in [6.07, 6.45) is 13.0. The van der Waals surface area contributed by atoms with Gasteiger partial charge in [-0.3, -0.25) is 0 Å². The second kappa shape index (κ2) is 6.96. The van der Waals surface area contributed by atoms with E-state index >= 15 is 0 Å². The smallest absolute Gasteiger partial charge is 0.106 e. The molecule has 1 heterocycles. The number of hydrogen-bond acceptors (Lipinski definition) is 1. The normalized spacial score (nSPS) is 18.9. The molecule has 1 aliphatic carbocycles. The van der Waals surface area contributed by atoms with Crippen molar-refractivity contribution in [1.82, 2.24) is 9.97 Å². The number of fused-ring (bicyclic) bond motifs is 1. The Bertz CT molecular complexity index is 354. The first-order valence-corrected chi connectivity index (χ1v) is 7.90. The van der Waals surface area contributed by atoms with Crippen molar-refractivity contribution in [3.05, 3.63) is 17.2 Å². The molecule has 1 unspecified atom stereocenters. The molecule has 18 heavy (non-hydrogen) atoms. The van der Waals surface area contributed by atoms with Crippen molar-refractivity contribution in [2.75, 3.05) is 0 Å². The van der Waals surface area contributed by atoms with Gasteiger partial charge >= 0.3 is 0 Å². The molecule has 1 aromatic heterocycles. The molecule has 0 aromatic carbocycles. The van der Waals surface area contributed by atoms with E-state index in [1.54, 1.807) is 0 Å². The van der Waals surface area contributed by atoms with Gasteiger partial charge in [0.1, 0.15) is 5.82 Å². The zero-order valence-corrected chi connectivity index (χ0v) is 12.1. The van der Waals surface area contributed by atoms with Crippen LogP contribution in [0.2, 0.25) is 0 Å². The van der Waals surface area contributed by atoms with E-state index in [1.165, 1.54) is 75.0 Å². The van der Waals surface area contributed by atoms with Gasteiger partial charge in [-0.05, 0) is 31.6 Å². The number of aromatic nitrogens is 2. The highest BCUT2D eigenvalue weighted by atomic mass is 14.9. The first-order chi connectivity index (χ1) is 8.83. The topological polar surface area (TPSA) is 28.7 Å². The lowest BCUT2D eigenvalue weighted by atomic mass is 9.88. The summed E-state index contributed by atoms with van der Waals surface area (Å²) in [5.74, 6) is 2.13. The number of nitrogens with one attached hydrogen (secondary N) is 1. The average Bonchev–Trinajstić information content (AvgIpc) is 2.80.